The molecule has 0 amide bonds. The lowest BCUT2D eigenvalue weighted by molar-refractivity contribution is 0.272. The van der Waals surface area contributed by atoms with Crippen molar-refractivity contribution in [3.8, 4) is 0 Å². The van der Waals surface area contributed by atoms with E-state index in [1.54, 1.807) is 0 Å². The van der Waals surface area contributed by atoms with Crippen LogP contribution in [0.4, 0.5) is 0 Å². The number of hydrogen-bond donors (Lipinski definition) is 1. The molecular formula is C19H27NO. The molecule has 2 aromatic rings. The molecule has 1 unspecified atom stereocenters. The maximum absolute atomic E-state index is 6.21. The van der Waals surface area contributed by atoms with Gasteiger partial charge >= 0.3 is 0 Å². The average Bonchev–Trinajstić information content (AvgIpc) is 2.87. The number of para-hydroxylation sites is 1. The zero-order valence-electron chi connectivity index (χ0n) is 13.3. The van der Waals surface area contributed by atoms with E-state index in [4.69, 9.17) is 4.42 Å². The molecule has 1 aliphatic rings. The van der Waals surface area contributed by atoms with Crippen LogP contribution >= 0.6 is 0 Å². The molecule has 0 bridgehead atoms. The highest BCUT2D eigenvalue weighted by atomic mass is 16.3. The zero-order chi connectivity index (χ0) is 14.7. The predicted octanol–water partition coefficient (Wildman–Crippen LogP) is 5.36. The Morgan fingerprint density at radius 3 is 2.48 bits per heavy atom. The van der Waals surface area contributed by atoms with Crippen LogP contribution in [-0.4, -0.2) is 7.05 Å². The molecule has 1 fully saturated rings. The average molecular weight is 285 g/mol. The van der Waals surface area contributed by atoms with Crippen LogP contribution in [0, 0.1) is 12.8 Å². The Morgan fingerprint density at radius 1 is 1.10 bits per heavy atom. The highest BCUT2D eigenvalue weighted by Gasteiger charge is 2.25. The minimum Gasteiger partial charge on any atom is -0.459 e. The van der Waals surface area contributed by atoms with E-state index in [-0.39, 0.29) is 0 Å². The molecule has 1 saturated carbocycles. The van der Waals surface area contributed by atoms with Gasteiger partial charge in [-0.3, -0.25) is 0 Å². The summed E-state index contributed by atoms with van der Waals surface area (Å²) in [4.78, 5) is 0. The maximum Gasteiger partial charge on any atom is 0.137 e. The van der Waals surface area contributed by atoms with Gasteiger partial charge in [-0.25, -0.2) is 0 Å². The van der Waals surface area contributed by atoms with Crippen LogP contribution in [-0.2, 0) is 0 Å². The first-order valence-corrected chi connectivity index (χ1v) is 8.46. The van der Waals surface area contributed by atoms with Crippen LogP contribution in [0.25, 0.3) is 11.0 Å². The van der Waals surface area contributed by atoms with Crippen LogP contribution in [0.3, 0.4) is 0 Å². The first-order chi connectivity index (χ1) is 10.3. The van der Waals surface area contributed by atoms with Gasteiger partial charge < -0.3 is 9.73 Å². The SMILES string of the molecule is CNC(c1cc2cccc(C)c2o1)C1CCCCCCC1. The number of hydrogen-bond acceptors (Lipinski definition) is 2. The Morgan fingerprint density at radius 2 is 1.81 bits per heavy atom. The summed E-state index contributed by atoms with van der Waals surface area (Å²) < 4.78 is 6.21. The fourth-order valence-electron chi connectivity index (χ4n) is 3.81. The van der Waals surface area contributed by atoms with Crippen LogP contribution < -0.4 is 5.32 Å². The van der Waals surface area contributed by atoms with E-state index in [9.17, 15) is 0 Å². The van der Waals surface area contributed by atoms with Crippen molar-refractivity contribution in [1.29, 1.82) is 0 Å². The molecule has 1 heterocycles. The van der Waals surface area contributed by atoms with E-state index in [1.807, 2.05) is 0 Å². The standard InChI is InChI=1S/C19H27NO/c1-14-9-8-12-16-13-17(21-19(14)16)18(20-2)15-10-6-4-3-5-7-11-15/h8-9,12-13,15,18,20H,3-7,10-11H2,1-2H3. The van der Waals surface area contributed by atoms with E-state index >= 15 is 0 Å². The number of nitrogens with one attached hydrogen (secondary N) is 1. The lowest BCUT2D eigenvalue weighted by atomic mass is 9.85. The molecule has 0 spiro atoms. The molecule has 1 atom stereocenters. The Labute approximate surface area is 127 Å². The molecular weight excluding hydrogens is 258 g/mol. The Kier molecular flexibility index (Phi) is 4.64. The molecule has 1 N–H and O–H groups in total. The van der Waals surface area contributed by atoms with Crippen molar-refractivity contribution >= 4 is 11.0 Å². The van der Waals surface area contributed by atoms with Crippen molar-refractivity contribution in [2.75, 3.05) is 7.05 Å². The molecule has 0 aliphatic heterocycles. The number of furan rings is 1. The normalized spacial score (nSPS) is 19.3. The third kappa shape index (κ3) is 3.16. The minimum absolute atomic E-state index is 0.356. The van der Waals surface area contributed by atoms with Gasteiger partial charge in [0.25, 0.3) is 0 Å². The molecule has 114 valence electrons. The molecule has 21 heavy (non-hydrogen) atoms. The Hall–Kier alpha value is -1.28. The Bertz CT molecular complexity index is 578. The summed E-state index contributed by atoms with van der Waals surface area (Å²) in [7, 11) is 2.07. The third-order valence-corrected chi connectivity index (χ3v) is 5.00. The molecule has 1 aliphatic carbocycles. The van der Waals surface area contributed by atoms with E-state index in [0.29, 0.717) is 12.0 Å². The predicted molar refractivity (Wildman–Crippen MR) is 88.6 cm³/mol. The lowest BCUT2D eigenvalue weighted by Crippen LogP contribution is -2.25. The van der Waals surface area contributed by atoms with Crippen molar-refractivity contribution in [1.82, 2.24) is 5.32 Å². The van der Waals surface area contributed by atoms with Crippen molar-refractivity contribution < 1.29 is 4.42 Å². The van der Waals surface area contributed by atoms with Crippen LogP contribution in [0.2, 0.25) is 0 Å². The maximum atomic E-state index is 6.21. The summed E-state index contributed by atoms with van der Waals surface area (Å²) in [6, 6.07) is 8.98. The van der Waals surface area contributed by atoms with Gasteiger partial charge in [-0.05, 0) is 44.4 Å². The molecule has 2 heteroatoms. The number of aryl methyl sites for hydroxylation is 1. The highest BCUT2D eigenvalue weighted by molar-refractivity contribution is 5.81. The van der Waals surface area contributed by atoms with Crippen molar-refractivity contribution in [2.24, 2.45) is 5.92 Å². The monoisotopic (exact) mass is 285 g/mol. The number of fused-ring (bicyclic) bond motifs is 1. The van der Waals surface area contributed by atoms with Gasteiger partial charge in [0, 0.05) is 5.39 Å². The fraction of sp³-hybridized carbons (Fsp3) is 0.579. The molecule has 2 nitrogen and oxygen atoms in total. The fourth-order valence-corrected chi connectivity index (χ4v) is 3.81. The van der Waals surface area contributed by atoms with Gasteiger partial charge in [-0.1, -0.05) is 50.3 Å². The summed E-state index contributed by atoms with van der Waals surface area (Å²) in [6.07, 6.45) is 9.58. The zero-order valence-corrected chi connectivity index (χ0v) is 13.3. The molecule has 1 aromatic heterocycles. The topological polar surface area (TPSA) is 25.2 Å². The summed E-state index contributed by atoms with van der Waals surface area (Å²) in [5.74, 6) is 1.82. The summed E-state index contributed by atoms with van der Waals surface area (Å²) >= 11 is 0. The second-order valence-electron chi connectivity index (χ2n) is 6.51. The van der Waals surface area contributed by atoms with Gasteiger partial charge in [0.05, 0.1) is 6.04 Å². The largest absolute Gasteiger partial charge is 0.459 e. The van der Waals surface area contributed by atoms with E-state index < -0.39 is 0 Å². The quantitative estimate of drug-likeness (QED) is 0.821. The smallest absolute Gasteiger partial charge is 0.137 e. The molecule has 3 rings (SSSR count). The van der Waals surface area contributed by atoms with Crippen molar-refractivity contribution in [3.05, 3.63) is 35.6 Å². The molecule has 1 aromatic carbocycles. The van der Waals surface area contributed by atoms with Gasteiger partial charge in [0.2, 0.25) is 0 Å². The van der Waals surface area contributed by atoms with Gasteiger partial charge in [0.1, 0.15) is 11.3 Å². The highest BCUT2D eigenvalue weighted by Crippen LogP contribution is 2.35. The summed E-state index contributed by atoms with van der Waals surface area (Å²) in [5.41, 5.74) is 2.28. The van der Waals surface area contributed by atoms with Gasteiger partial charge in [-0.2, -0.15) is 0 Å². The first-order valence-electron chi connectivity index (χ1n) is 8.46. The number of benzene rings is 1. The summed E-state index contributed by atoms with van der Waals surface area (Å²) in [5, 5.41) is 4.76. The lowest BCUT2D eigenvalue weighted by Gasteiger charge is -2.27. The molecule has 0 radical (unpaired) electrons. The third-order valence-electron chi connectivity index (χ3n) is 5.00. The minimum atomic E-state index is 0.356. The first kappa shape index (κ1) is 14.6. The van der Waals surface area contributed by atoms with E-state index in [0.717, 1.165) is 11.3 Å². The van der Waals surface area contributed by atoms with Crippen molar-refractivity contribution in [2.45, 2.75) is 57.9 Å². The second-order valence-corrected chi connectivity index (χ2v) is 6.51. The van der Waals surface area contributed by atoms with Crippen LogP contribution in [0.15, 0.2) is 28.7 Å². The molecule has 0 saturated heterocycles. The van der Waals surface area contributed by atoms with Gasteiger partial charge in [-0.15, -0.1) is 0 Å². The second kappa shape index (κ2) is 6.65. The summed E-state index contributed by atoms with van der Waals surface area (Å²) in [6.45, 7) is 2.12. The van der Waals surface area contributed by atoms with E-state index in [1.165, 1.54) is 55.9 Å². The van der Waals surface area contributed by atoms with E-state index in [2.05, 4.69) is 43.6 Å². The van der Waals surface area contributed by atoms with Crippen LogP contribution in [0.5, 0.6) is 0 Å². The van der Waals surface area contributed by atoms with Crippen LogP contribution in [0.1, 0.15) is 62.3 Å². The number of rotatable bonds is 3. The van der Waals surface area contributed by atoms with Gasteiger partial charge in [0.15, 0.2) is 0 Å². The Balaban J connectivity index is 1.87. The van der Waals surface area contributed by atoms with Crippen molar-refractivity contribution in [3.63, 3.8) is 0 Å².